The van der Waals surface area contributed by atoms with Crippen LogP contribution >= 0.6 is 0 Å². The Balaban J connectivity index is 1.14. The van der Waals surface area contributed by atoms with Crippen molar-refractivity contribution in [2.75, 3.05) is 13.1 Å². The Hall–Kier alpha value is -2.53. The number of aromatic nitrogens is 1. The predicted molar refractivity (Wildman–Crippen MR) is 156 cm³/mol. The zero-order chi connectivity index (χ0) is 25.6. The smallest absolute Gasteiger partial charge is 0.0607 e. The summed E-state index contributed by atoms with van der Waals surface area (Å²) in [5.74, 6) is 0.879. The maximum atomic E-state index is 4.91. The molecule has 2 heterocycles. The molecule has 3 aliphatic rings. The molecule has 0 bridgehead atoms. The van der Waals surface area contributed by atoms with E-state index < -0.39 is 0 Å². The predicted octanol–water partition coefficient (Wildman–Crippen LogP) is 6.35. The van der Waals surface area contributed by atoms with Gasteiger partial charge in [0, 0.05) is 38.4 Å². The molecule has 0 amide bonds. The molecule has 4 heteroatoms. The van der Waals surface area contributed by atoms with Crippen molar-refractivity contribution < 1.29 is 0 Å². The van der Waals surface area contributed by atoms with Gasteiger partial charge in [0.05, 0.1) is 11.7 Å². The first kappa shape index (κ1) is 25.7. The summed E-state index contributed by atoms with van der Waals surface area (Å²) < 4.78 is 0. The Morgan fingerprint density at radius 2 is 1.61 bits per heavy atom. The van der Waals surface area contributed by atoms with Crippen LogP contribution in [0.15, 0.2) is 66.9 Å². The summed E-state index contributed by atoms with van der Waals surface area (Å²) in [7, 11) is 0. The zero-order valence-corrected chi connectivity index (χ0v) is 22.9. The van der Waals surface area contributed by atoms with Crippen molar-refractivity contribution in [1.82, 2.24) is 20.5 Å². The molecule has 2 aromatic carbocycles. The van der Waals surface area contributed by atoms with E-state index in [9.17, 15) is 0 Å². The van der Waals surface area contributed by atoms with Crippen molar-refractivity contribution >= 4 is 0 Å². The van der Waals surface area contributed by atoms with Crippen LogP contribution in [0.3, 0.4) is 0 Å². The lowest BCUT2D eigenvalue weighted by Gasteiger charge is -2.38. The summed E-state index contributed by atoms with van der Waals surface area (Å²) in [6.45, 7) is 5.12. The van der Waals surface area contributed by atoms with Crippen LogP contribution in [0.25, 0.3) is 0 Å². The van der Waals surface area contributed by atoms with Crippen molar-refractivity contribution in [3.8, 4) is 0 Å². The molecule has 0 unspecified atom stereocenters. The number of pyridine rings is 1. The molecular formula is C34H44N4. The first-order valence-electron chi connectivity index (χ1n) is 15.1. The molecule has 2 aliphatic carbocycles. The molecule has 0 saturated heterocycles. The number of nitrogens with zero attached hydrogens (tertiary/aromatic N) is 2. The second kappa shape index (κ2) is 12.5. The molecule has 2 N–H and O–H groups in total. The lowest BCUT2D eigenvalue weighted by molar-refractivity contribution is 0.145. The highest BCUT2D eigenvalue weighted by Crippen LogP contribution is 2.34. The van der Waals surface area contributed by atoms with Gasteiger partial charge in [-0.2, -0.15) is 0 Å². The fourth-order valence-electron chi connectivity index (χ4n) is 6.98. The van der Waals surface area contributed by atoms with E-state index >= 15 is 0 Å². The highest BCUT2D eigenvalue weighted by Gasteiger charge is 2.30. The van der Waals surface area contributed by atoms with Crippen LogP contribution in [0, 0.1) is 5.92 Å². The van der Waals surface area contributed by atoms with Crippen molar-refractivity contribution in [2.24, 2.45) is 5.92 Å². The van der Waals surface area contributed by atoms with E-state index in [1.54, 1.807) is 0 Å². The number of fused-ring (bicyclic) bond motifs is 2. The van der Waals surface area contributed by atoms with Gasteiger partial charge >= 0.3 is 0 Å². The van der Waals surface area contributed by atoms with Gasteiger partial charge in [-0.15, -0.1) is 0 Å². The van der Waals surface area contributed by atoms with Gasteiger partial charge in [0.15, 0.2) is 0 Å². The Morgan fingerprint density at radius 1 is 0.816 bits per heavy atom. The van der Waals surface area contributed by atoms with Crippen molar-refractivity contribution in [1.29, 1.82) is 0 Å². The van der Waals surface area contributed by atoms with Crippen LogP contribution in [0.5, 0.6) is 0 Å². The maximum absolute atomic E-state index is 4.91. The Bertz CT molecular complexity index is 1170. The largest absolute Gasteiger partial charge is 0.312 e. The van der Waals surface area contributed by atoms with Crippen LogP contribution < -0.4 is 10.6 Å². The van der Waals surface area contributed by atoms with Crippen molar-refractivity contribution in [2.45, 2.75) is 89.5 Å². The van der Waals surface area contributed by atoms with Gasteiger partial charge in [0.25, 0.3) is 0 Å². The fourth-order valence-corrected chi connectivity index (χ4v) is 6.98. The zero-order valence-electron chi connectivity index (χ0n) is 22.9. The highest BCUT2D eigenvalue weighted by atomic mass is 15.2. The summed E-state index contributed by atoms with van der Waals surface area (Å²) >= 11 is 0. The second-order valence-electron chi connectivity index (χ2n) is 11.9. The first-order valence-corrected chi connectivity index (χ1v) is 15.1. The standard InChI is InChI=1S/C34H44N4/c1-2-8-26(9-3-1)21-35-22-27-15-17-28(18-16-27)24-38(33-14-6-12-29-13-7-19-36-34(29)33)25-32-20-30-10-4-5-11-31(30)23-37-32/h4-5,7,10-11,13,15-19,26,32-33,35,37H,1-3,6,8-9,12,14,20-25H2/t32-,33+/m1/s1. The molecule has 6 rings (SSSR count). The summed E-state index contributed by atoms with van der Waals surface area (Å²) in [6.07, 6.45) is 13.8. The van der Waals surface area contributed by atoms with E-state index in [-0.39, 0.29) is 0 Å². The van der Waals surface area contributed by atoms with Crippen molar-refractivity contribution in [3.05, 3.63) is 100 Å². The number of aryl methyl sites for hydroxylation is 1. The monoisotopic (exact) mass is 508 g/mol. The molecule has 1 aromatic heterocycles. The lowest BCUT2D eigenvalue weighted by atomic mass is 9.89. The number of hydrogen-bond acceptors (Lipinski definition) is 4. The number of hydrogen-bond donors (Lipinski definition) is 2. The Kier molecular flexibility index (Phi) is 8.50. The van der Waals surface area contributed by atoms with E-state index in [1.807, 2.05) is 6.20 Å². The van der Waals surface area contributed by atoms with E-state index in [4.69, 9.17) is 4.98 Å². The van der Waals surface area contributed by atoms with Crippen LogP contribution in [-0.2, 0) is 32.5 Å². The fraction of sp³-hybridized carbons (Fsp3) is 0.500. The third kappa shape index (κ3) is 6.36. The van der Waals surface area contributed by atoms with Crippen LogP contribution in [0.4, 0.5) is 0 Å². The molecule has 38 heavy (non-hydrogen) atoms. The average molecular weight is 509 g/mol. The molecule has 1 saturated carbocycles. The summed E-state index contributed by atoms with van der Waals surface area (Å²) in [6, 6.07) is 23.6. The molecular weight excluding hydrogens is 464 g/mol. The summed E-state index contributed by atoms with van der Waals surface area (Å²) in [4.78, 5) is 7.62. The van der Waals surface area contributed by atoms with Gasteiger partial charge in [-0.05, 0) is 84.9 Å². The molecule has 1 aliphatic heterocycles. The molecule has 2 atom stereocenters. The number of nitrogens with one attached hydrogen (secondary N) is 2. The first-order chi connectivity index (χ1) is 18.8. The molecule has 4 nitrogen and oxygen atoms in total. The van der Waals surface area contributed by atoms with Gasteiger partial charge in [0.2, 0.25) is 0 Å². The van der Waals surface area contributed by atoms with E-state index in [0.29, 0.717) is 12.1 Å². The molecule has 0 spiro atoms. The van der Waals surface area contributed by atoms with E-state index in [0.717, 1.165) is 44.9 Å². The Labute approximate surface area is 229 Å². The van der Waals surface area contributed by atoms with E-state index in [1.165, 1.54) is 85.0 Å². The normalized spacial score (nSPS) is 21.7. The minimum atomic E-state index is 0.385. The summed E-state index contributed by atoms with van der Waals surface area (Å²) in [5.41, 5.74) is 8.50. The second-order valence-corrected chi connectivity index (χ2v) is 11.9. The van der Waals surface area contributed by atoms with Crippen LogP contribution in [-0.4, -0.2) is 29.0 Å². The van der Waals surface area contributed by atoms with E-state index in [2.05, 4.69) is 76.2 Å². The molecule has 0 radical (unpaired) electrons. The van der Waals surface area contributed by atoms with Gasteiger partial charge < -0.3 is 10.6 Å². The number of rotatable bonds is 9. The quantitative estimate of drug-likeness (QED) is 0.354. The molecule has 200 valence electrons. The van der Waals surface area contributed by atoms with Gasteiger partial charge in [-0.3, -0.25) is 9.88 Å². The highest BCUT2D eigenvalue weighted by molar-refractivity contribution is 5.31. The molecule has 3 aromatic rings. The third-order valence-corrected chi connectivity index (χ3v) is 9.12. The SMILES string of the molecule is c1ccc2c(c1)CN[C@@H](CN(Cc1ccc(CNCC3CCCCC3)cc1)[C@H]1CCCc3cccnc31)C2. The third-order valence-electron chi connectivity index (χ3n) is 9.12. The minimum Gasteiger partial charge on any atom is -0.312 e. The average Bonchev–Trinajstić information content (AvgIpc) is 2.98. The lowest BCUT2D eigenvalue weighted by Crippen LogP contribution is -2.46. The van der Waals surface area contributed by atoms with Gasteiger partial charge in [-0.1, -0.05) is 73.9 Å². The number of benzene rings is 2. The topological polar surface area (TPSA) is 40.2 Å². The van der Waals surface area contributed by atoms with Crippen LogP contribution in [0.1, 0.15) is 84.5 Å². The minimum absolute atomic E-state index is 0.385. The van der Waals surface area contributed by atoms with Gasteiger partial charge in [0.1, 0.15) is 0 Å². The van der Waals surface area contributed by atoms with Crippen molar-refractivity contribution in [3.63, 3.8) is 0 Å². The van der Waals surface area contributed by atoms with Gasteiger partial charge in [-0.25, -0.2) is 0 Å². The molecule has 1 fully saturated rings. The maximum Gasteiger partial charge on any atom is 0.0607 e. The summed E-state index contributed by atoms with van der Waals surface area (Å²) in [5, 5.41) is 7.57. The van der Waals surface area contributed by atoms with Crippen LogP contribution in [0.2, 0.25) is 0 Å². The Morgan fingerprint density at radius 3 is 2.47 bits per heavy atom.